The van der Waals surface area contributed by atoms with E-state index in [2.05, 4.69) is 197 Å². The number of halogens is 2. The van der Waals surface area contributed by atoms with E-state index in [1.54, 1.807) is 23.5 Å². The molecule has 58 heavy (non-hydrogen) atoms. The molecule has 0 fully saturated rings. The topological polar surface area (TPSA) is 0 Å². The minimum atomic E-state index is -0.826. The van der Waals surface area contributed by atoms with Crippen molar-refractivity contribution in [2.24, 2.45) is 0 Å². The zero-order valence-corrected chi connectivity index (χ0v) is 41.0. The van der Waals surface area contributed by atoms with E-state index in [4.69, 9.17) is 17.0 Å². The Morgan fingerprint density at radius 1 is 0.500 bits per heavy atom. The van der Waals surface area contributed by atoms with Gasteiger partial charge in [-0.25, -0.2) is 0 Å². The van der Waals surface area contributed by atoms with Crippen LogP contribution in [0.25, 0.3) is 43.8 Å². The molecule has 2 radical (unpaired) electrons. The SMILES string of the molecule is CCc1cc2c(-c3ccc(Cc4ccc(SC)cc4)cc3)cccc2[cH-]1.CCc1cc2c(-c3ccc(Cc4ccc(SC)cc4)cc3)cccc2[cH-]1.C[Si]C.[Cl][Zr+2][Cl]. The molecule has 0 aliphatic rings. The van der Waals surface area contributed by atoms with Gasteiger partial charge in [-0.3, -0.25) is 0 Å². The zero-order valence-electron chi connectivity index (χ0n) is 34.4. The number of aryl methyl sites for hydroxylation is 2. The number of fused-ring (bicyclic) bond motifs is 2. The molecule has 6 heteroatoms. The van der Waals surface area contributed by atoms with Gasteiger partial charge in [-0.05, 0) is 95.8 Å². The average Bonchev–Trinajstić information content (AvgIpc) is 3.90. The Balaban J connectivity index is 0.000000195. The number of thioether (sulfide) groups is 2. The van der Waals surface area contributed by atoms with E-state index < -0.39 is 20.8 Å². The van der Waals surface area contributed by atoms with Crippen LogP contribution in [0.3, 0.4) is 0 Å². The third-order valence-electron chi connectivity index (χ3n) is 10.1. The van der Waals surface area contributed by atoms with Gasteiger partial charge in [-0.1, -0.05) is 123 Å². The van der Waals surface area contributed by atoms with Crippen LogP contribution in [0, 0.1) is 0 Å². The molecule has 0 saturated carbocycles. The molecule has 0 aromatic heterocycles. The quantitative estimate of drug-likeness (QED) is 0.0761. The summed E-state index contributed by atoms with van der Waals surface area (Å²) in [7, 11) is 11.0. The molecule has 0 aliphatic carbocycles. The molecule has 0 atom stereocenters. The number of rotatable bonds is 10. The van der Waals surface area contributed by atoms with Crippen molar-refractivity contribution in [1.29, 1.82) is 0 Å². The Bertz CT molecular complexity index is 2240. The van der Waals surface area contributed by atoms with Crippen molar-refractivity contribution < 1.29 is 20.8 Å². The molecule has 8 aromatic carbocycles. The van der Waals surface area contributed by atoms with Gasteiger partial charge in [0.2, 0.25) is 0 Å². The molecular formula is C52H52Cl2S2SiZr. The fraction of sp³-hybridized carbons (Fsp3) is 0.192. The summed E-state index contributed by atoms with van der Waals surface area (Å²) in [6.45, 7) is 8.74. The summed E-state index contributed by atoms with van der Waals surface area (Å²) in [5.41, 5.74) is 13.5. The molecule has 8 aromatic rings. The average molecular weight is 931 g/mol. The molecule has 0 aliphatic heterocycles. The predicted molar refractivity (Wildman–Crippen MR) is 260 cm³/mol. The van der Waals surface area contributed by atoms with Crippen molar-refractivity contribution in [3.8, 4) is 22.3 Å². The second-order valence-corrected chi connectivity index (χ2v) is 20.6. The van der Waals surface area contributed by atoms with E-state index in [1.807, 2.05) is 0 Å². The molecular weight excluding hydrogens is 879 g/mol. The number of hydrogen-bond donors (Lipinski definition) is 0. The van der Waals surface area contributed by atoms with Crippen LogP contribution in [0.1, 0.15) is 47.2 Å². The number of benzene rings is 6. The Hall–Kier alpha value is -3.08. The molecule has 0 unspecified atom stereocenters. The first-order valence-electron chi connectivity index (χ1n) is 19.7. The van der Waals surface area contributed by atoms with Crippen LogP contribution in [0.4, 0.5) is 0 Å². The molecule has 0 amide bonds. The van der Waals surface area contributed by atoms with Gasteiger partial charge in [-0.15, -0.1) is 92.6 Å². The van der Waals surface area contributed by atoms with Gasteiger partial charge in [0.1, 0.15) is 0 Å². The minimum absolute atomic E-state index is 0.826. The van der Waals surface area contributed by atoms with Crippen LogP contribution < -0.4 is 0 Å². The summed E-state index contributed by atoms with van der Waals surface area (Å²) in [5, 5.41) is 5.42. The van der Waals surface area contributed by atoms with Crippen molar-refractivity contribution in [2.75, 3.05) is 12.5 Å². The third kappa shape index (κ3) is 13.0. The van der Waals surface area contributed by atoms with E-state index >= 15 is 0 Å². The predicted octanol–water partition coefficient (Wildman–Crippen LogP) is 16.4. The second kappa shape index (κ2) is 24.2. The van der Waals surface area contributed by atoms with Crippen LogP contribution in [0.2, 0.25) is 13.1 Å². The molecule has 294 valence electrons. The van der Waals surface area contributed by atoms with Crippen LogP contribution >= 0.6 is 40.5 Å². The van der Waals surface area contributed by atoms with E-state index in [0.717, 1.165) is 35.2 Å². The fourth-order valence-electron chi connectivity index (χ4n) is 7.07. The maximum absolute atomic E-state index is 4.93. The summed E-state index contributed by atoms with van der Waals surface area (Å²) in [4.78, 5) is 2.64. The summed E-state index contributed by atoms with van der Waals surface area (Å²) in [6.07, 6.45) is 8.37. The van der Waals surface area contributed by atoms with Gasteiger partial charge < -0.3 is 0 Å². The fourth-order valence-corrected chi connectivity index (χ4v) is 7.88. The first-order valence-corrected chi connectivity index (χ1v) is 30.5. The Morgan fingerprint density at radius 3 is 1.10 bits per heavy atom. The van der Waals surface area contributed by atoms with Gasteiger partial charge in [0.05, 0.1) is 0 Å². The van der Waals surface area contributed by atoms with Gasteiger partial charge in [-0.2, -0.15) is 12.1 Å². The van der Waals surface area contributed by atoms with E-state index in [1.165, 1.54) is 87.0 Å². The molecule has 0 spiro atoms. The van der Waals surface area contributed by atoms with E-state index in [9.17, 15) is 0 Å². The van der Waals surface area contributed by atoms with Crippen molar-refractivity contribution in [3.05, 3.63) is 191 Å². The summed E-state index contributed by atoms with van der Waals surface area (Å²) < 4.78 is 0. The van der Waals surface area contributed by atoms with Crippen molar-refractivity contribution in [1.82, 2.24) is 0 Å². The van der Waals surface area contributed by atoms with Gasteiger partial charge in [0.25, 0.3) is 0 Å². The summed E-state index contributed by atoms with van der Waals surface area (Å²) in [5.74, 6) is 0. The first-order chi connectivity index (χ1) is 28.4. The third-order valence-corrected chi connectivity index (χ3v) is 11.6. The monoisotopic (exact) mass is 928 g/mol. The van der Waals surface area contributed by atoms with Crippen LogP contribution in [0.5, 0.6) is 0 Å². The van der Waals surface area contributed by atoms with Crippen molar-refractivity contribution in [3.63, 3.8) is 0 Å². The molecule has 0 N–H and O–H groups in total. The molecule has 0 heterocycles. The molecule has 0 nitrogen and oxygen atoms in total. The summed E-state index contributed by atoms with van der Waals surface area (Å²) in [6, 6.07) is 58.4. The Morgan fingerprint density at radius 2 is 0.810 bits per heavy atom. The molecule has 0 saturated heterocycles. The standard InChI is InChI=1S/2C25H23S.C2H6Si.2ClH.Zr/c2*1-3-18-16-22-5-4-6-24(25(22)17-18)21-11-7-19(8-12-21)15-20-9-13-23(26-2)14-10-20;1-3-2;;;/h2*4-14,16-17H,3,15H2,1-2H3;1-2H3;2*1H;/q2*-1;;;;+4/p-2. The Labute approximate surface area is 377 Å². The first kappa shape index (κ1) is 46.0. The van der Waals surface area contributed by atoms with Crippen LogP contribution in [0.15, 0.2) is 168 Å². The number of hydrogen-bond acceptors (Lipinski definition) is 2. The summed E-state index contributed by atoms with van der Waals surface area (Å²) >= 11 is 2.75. The zero-order chi connectivity index (χ0) is 41.3. The second-order valence-electron chi connectivity index (χ2n) is 14.1. The normalized spacial score (nSPS) is 10.5. The van der Waals surface area contributed by atoms with Gasteiger partial charge >= 0.3 is 37.9 Å². The van der Waals surface area contributed by atoms with Crippen LogP contribution in [-0.2, 0) is 46.5 Å². The molecule has 0 bridgehead atoms. The van der Waals surface area contributed by atoms with Gasteiger partial charge in [0, 0.05) is 19.3 Å². The van der Waals surface area contributed by atoms with Crippen LogP contribution in [-0.4, -0.2) is 22.0 Å². The van der Waals surface area contributed by atoms with Crippen molar-refractivity contribution >= 4 is 71.6 Å². The van der Waals surface area contributed by atoms with E-state index in [0.29, 0.717) is 0 Å². The Kier molecular flexibility index (Phi) is 19.2. The maximum atomic E-state index is 4.93. The van der Waals surface area contributed by atoms with Gasteiger partial charge in [0.15, 0.2) is 0 Å². The van der Waals surface area contributed by atoms with Crippen molar-refractivity contribution in [2.45, 2.75) is 62.4 Å². The van der Waals surface area contributed by atoms with E-state index in [-0.39, 0.29) is 0 Å². The molecule has 8 rings (SSSR count).